The number of nitrogens with zero attached hydrogens (tertiary/aromatic N) is 1. The van der Waals surface area contributed by atoms with Gasteiger partial charge in [0.25, 0.3) is 5.91 Å². The number of sulfonamides is 1. The second kappa shape index (κ2) is 9.12. The molecule has 0 aromatic heterocycles. The minimum Gasteiger partial charge on any atom is -0.495 e. The molecule has 0 aliphatic carbocycles. The van der Waals surface area contributed by atoms with E-state index in [9.17, 15) is 26.4 Å². The molecular weight excluding hydrogens is 441 g/mol. The second-order valence-corrected chi connectivity index (χ2v) is 8.34. The van der Waals surface area contributed by atoms with Gasteiger partial charge in [0, 0.05) is 18.7 Å². The van der Waals surface area contributed by atoms with Gasteiger partial charge in [0.15, 0.2) is 0 Å². The Morgan fingerprint density at radius 1 is 1.10 bits per heavy atom. The zero-order valence-corrected chi connectivity index (χ0v) is 17.1. The van der Waals surface area contributed by atoms with E-state index in [1.807, 2.05) is 0 Å². The van der Waals surface area contributed by atoms with Crippen LogP contribution in [0.2, 0.25) is 0 Å². The molecule has 31 heavy (non-hydrogen) atoms. The van der Waals surface area contributed by atoms with Gasteiger partial charge in [-0.15, -0.1) is 13.2 Å². The van der Waals surface area contributed by atoms with Crippen LogP contribution in [0.25, 0.3) is 0 Å². The van der Waals surface area contributed by atoms with Gasteiger partial charge in [0.2, 0.25) is 10.0 Å². The average Bonchev–Trinajstić information content (AvgIpc) is 2.73. The molecule has 0 spiro atoms. The summed E-state index contributed by atoms with van der Waals surface area (Å²) in [7, 11) is -2.46. The van der Waals surface area contributed by atoms with E-state index in [1.54, 1.807) is 0 Å². The molecule has 0 radical (unpaired) electrons. The van der Waals surface area contributed by atoms with Crippen LogP contribution in [0.5, 0.6) is 11.5 Å². The van der Waals surface area contributed by atoms with Gasteiger partial charge in [0.05, 0.1) is 30.9 Å². The van der Waals surface area contributed by atoms with E-state index < -0.39 is 28.0 Å². The third-order valence-corrected chi connectivity index (χ3v) is 6.27. The predicted octanol–water partition coefficient (Wildman–Crippen LogP) is 2.87. The number of nitrogens with one attached hydrogen (secondary N) is 1. The van der Waals surface area contributed by atoms with Gasteiger partial charge in [0.1, 0.15) is 11.5 Å². The van der Waals surface area contributed by atoms with Crippen LogP contribution in [-0.2, 0) is 14.8 Å². The lowest BCUT2D eigenvalue weighted by Crippen LogP contribution is -2.40. The number of carbonyl (C=O) groups excluding carboxylic acids is 1. The molecule has 1 aliphatic rings. The first kappa shape index (κ1) is 22.8. The van der Waals surface area contributed by atoms with Crippen LogP contribution in [0, 0.1) is 0 Å². The number of amides is 1. The van der Waals surface area contributed by atoms with Crippen molar-refractivity contribution in [3.63, 3.8) is 0 Å². The smallest absolute Gasteiger partial charge is 0.495 e. The summed E-state index contributed by atoms with van der Waals surface area (Å²) in [6.07, 6.45) is -4.84. The van der Waals surface area contributed by atoms with E-state index in [0.717, 1.165) is 24.3 Å². The van der Waals surface area contributed by atoms with Crippen molar-refractivity contribution in [3.8, 4) is 11.5 Å². The molecule has 0 unspecified atom stereocenters. The van der Waals surface area contributed by atoms with Gasteiger partial charge in [-0.25, -0.2) is 8.42 Å². The Kier molecular flexibility index (Phi) is 6.72. The van der Waals surface area contributed by atoms with E-state index in [2.05, 4.69) is 10.1 Å². The highest BCUT2D eigenvalue weighted by atomic mass is 32.2. The maximum atomic E-state index is 12.9. The lowest BCUT2D eigenvalue weighted by atomic mass is 10.2. The largest absolute Gasteiger partial charge is 0.573 e. The standard InChI is InChI=1S/C19H19F3N2O6S/c1-28-17-7-6-15(31(26,27)24-8-10-29-11-9-24)12-16(17)23-18(25)13-2-4-14(5-3-13)30-19(20,21)22/h2-7,12H,8-11H2,1H3,(H,23,25). The van der Waals surface area contributed by atoms with E-state index in [-0.39, 0.29) is 48.2 Å². The number of rotatable bonds is 6. The molecule has 1 saturated heterocycles. The van der Waals surface area contributed by atoms with Crippen molar-refractivity contribution < 1.29 is 40.6 Å². The Morgan fingerprint density at radius 2 is 1.74 bits per heavy atom. The molecule has 3 rings (SSSR count). The molecule has 168 valence electrons. The van der Waals surface area contributed by atoms with Crippen molar-refractivity contribution in [1.82, 2.24) is 4.31 Å². The summed E-state index contributed by atoms with van der Waals surface area (Å²) in [4.78, 5) is 12.5. The quantitative estimate of drug-likeness (QED) is 0.713. The normalized spacial score (nSPS) is 15.4. The number of halogens is 3. The number of hydrogen-bond donors (Lipinski definition) is 1. The molecule has 12 heteroatoms. The molecule has 0 bridgehead atoms. The highest BCUT2D eigenvalue weighted by Crippen LogP contribution is 2.30. The lowest BCUT2D eigenvalue weighted by Gasteiger charge is -2.26. The van der Waals surface area contributed by atoms with Crippen LogP contribution in [0.3, 0.4) is 0 Å². The maximum Gasteiger partial charge on any atom is 0.573 e. The predicted molar refractivity (Wildman–Crippen MR) is 104 cm³/mol. The molecular formula is C19H19F3N2O6S. The Morgan fingerprint density at radius 3 is 2.32 bits per heavy atom. The average molecular weight is 460 g/mol. The Bertz CT molecular complexity index is 1040. The fraction of sp³-hybridized carbons (Fsp3) is 0.316. The molecule has 1 aliphatic heterocycles. The van der Waals surface area contributed by atoms with Gasteiger partial charge < -0.3 is 19.5 Å². The van der Waals surface area contributed by atoms with E-state index in [4.69, 9.17) is 9.47 Å². The number of carbonyl (C=O) groups is 1. The zero-order chi connectivity index (χ0) is 22.6. The molecule has 1 amide bonds. The minimum absolute atomic E-state index is 0.0398. The van der Waals surface area contributed by atoms with Crippen molar-refractivity contribution in [1.29, 1.82) is 0 Å². The van der Waals surface area contributed by atoms with Gasteiger partial charge >= 0.3 is 6.36 Å². The Labute approximate surface area is 176 Å². The molecule has 0 saturated carbocycles. The monoisotopic (exact) mass is 460 g/mol. The molecule has 1 N–H and O–H groups in total. The summed E-state index contributed by atoms with van der Waals surface area (Å²) in [5, 5.41) is 2.53. The lowest BCUT2D eigenvalue weighted by molar-refractivity contribution is -0.274. The highest BCUT2D eigenvalue weighted by Gasteiger charge is 2.31. The first-order valence-electron chi connectivity index (χ1n) is 9.03. The summed E-state index contributed by atoms with van der Waals surface area (Å²) in [6, 6.07) is 8.33. The SMILES string of the molecule is COc1ccc(S(=O)(=O)N2CCOCC2)cc1NC(=O)c1ccc(OC(F)(F)F)cc1. The number of hydrogen-bond acceptors (Lipinski definition) is 6. The van der Waals surface area contributed by atoms with E-state index >= 15 is 0 Å². The molecule has 0 atom stereocenters. The number of methoxy groups -OCH3 is 1. The number of alkyl halides is 3. The first-order valence-corrected chi connectivity index (χ1v) is 10.5. The van der Waals surface area contributed by atoms with Crippen LogP contribution in [0.15, 0.2) is 47.4 Å². The Hall–Kier alpha value is -2.83. The third-order valence-electron chi connectivity index (χ3n) is 4.38. The zero-order valence-electron chi connectivity index (χ0n) is 16.3. The molecule has 2 aromatic carbocycles. The number of ether oxygens (including phenoxy) is 3. The van der Waals surface area contributed by atoms with Crippen LogP contribution in [0.4, 0.5) is 18.9 Å². The number of anilines is 1. The first-order chi connectivity index (χ1) is 14.6. The summed E-state index contributed by atoms with van der Waals surface area (Å²) >= 11 is 0. The summed E-state index contributed by atoms with van der Waals surface area (Å²) < 4.78 is 77.9. The summed E-state index contributed by atoms with van der Waals surface area (Å²) in [6.45, 7) is 0.991. The van der Waals surface area contributed by atoms with Gasteiger partial charge in [-0.05, 0) is 42.5 Å². The van der Waals surface area contributed by atoms with Crippen molar-refractivity contribution in [2.75, 3.05) is 38.7 Å². The fourth-order valence-corrected chi connectivity index (χ4v) is 4.32. The van der Waals surface area contributed by atoms with Crippen molar-refractivity contribution in [2.24, 2.45) is 0 Å². The van der Waals surface area contributed by atoms with Crippen molar-refractivity contribution in [2.45, 2.75) is 11.3 Å². The van der Waals surface area contributed by atoms with E-state index in [0.29, 0.717) is 0 Å². The van der Waals surface area contributed by atoms with Crippen LogP contribution in [0.1, 0.15) is 10.4 Å². The van der Waals surface area contributed by atoms with Crippen LogP contribution < -0.4 is 14.8 Å². The number of morpholine rings is 1. The van der Waals surface area contributed by atoms with Gasteiger partial charge in [-0.2, -0.15) is 4.31 Å². The molecule has 1 heterocycles. The van der Waals surface area contributed by atoms with Crippen molar-refractivity contribution in [3.05, 3.63) is 48.0 Å². The molecule has 1 fully saturated rings. The third kappa shape index (κ3) is 5.66. The van der Waals surface area contributed by atoms with E-state index in [1.165, 1.54) is 29.6 Å². The maximum absolute atomic E-state index is 12.9. The van der Waals surface area contributed by atoms with Crippen molar-refractivity contribution >= 4 is 21.6 Å². The highest BCUT2D eigenvalue weighted by molar-refractivity contribution is 7.89. The van der Waals surface area contributed by atoms with Gasteiger partial charge in [-0.1, -0.05) is 0 Å². The summed E-state index contributed by atoms with van der Waals surface area (Å²) in [5.74, 6) is -0.927. The minimum atomic E-state index is -4.84. The summed E-state index contributed by atoms with van der Waals surface area (Å²) in [5.41, 5.74) is 0.135. The molecule has 8 nitrogen and oxygen atoms in total. The van der Waals surface area contributed by atoms with Crippen LogP contribution >= 0.6 is 0 Å². The number of benzene rings is 2. The second-order valence-electron chi connectivity index (χ2n) is 6.40. The van der Waals surface area contributed by atoms with Crippen LogP contribution in [-0.4, -0.2) is 58.4 Å². The Balaban J connectivity index is 1.81. The topological polar surface area (TPSA) is 94.2 Å². The van der Waals surface area contributed by atoms with Gasteiger partial charge in [-0.3, -0.25) is 4.79 Å². The fourth-order valence-electron chi connectivity index (χ4n) is 2.88. The molecule has 2 aromatic rings.